The lowest BCUT2D eigenvalue weighted by atomic mass is 10.1. The second-order valence-corrected chi connectivity index (χ2v) is 7.57. The average molecular weight is 393 g/mol. The molecule has 1 fully saturated rings. The molecule has 7 heteroatoms. The van der Waals surface area contributed by atoms with Gasteiger partial charge in [-0.05, 0) is 38.3 Å². The maximum absolute atomic E-state index is 12.7. The number of amides is 1. The van der Waals surface area contributed by atoms with Crippen molar-refractivity contribution in [3.8, 4) is 0 Å². The Hall–Kier alpha value is -2.93. The second kappa shape index (κ2) is 8.61. The van der Waals surface area contributed by atoms with Crippen LogP contribution in [0.25, 0.3) is 0 Å². The van der Waals surface area contributed by atoms with Gasteiger partial charge in [-0.1, -0.05) is 18.2 Å². The van der Waals surface area contributed by atoms with Crippen molar-refractivity contribution in [3.05, 3.63) is 65.9 Å². The minimum atomic E-state index is -0.0892. The van der Waals surface area contributed by atoms with Gasteiger partial charge in [-0.3, -0.25) is 9.69 Å². The van der Waals surface area contributed by atoms with E-state index in [4.69, 9.17) is 0 Å². The van der Waals surface area contributed by atoms with Crippen LogP contribution >= 0.6 is 0 Å². The third-order valence-corrected chi connectivity index (χ3v) is 5.71. The van der Waals surface area contributed by atoms with Crippen LogP contribution in [0.2, 0.25) is 0 Å². The van der Waals surface area contributed by atoms with Gasteiger partial charge < -0.3 is 9.88 Å². The highest BCUT2D eigenvalue weighted by atomic mass is 16.1. The number of hydrogen-bond donors (Lipinski definition) is 1. The average Bonchev–Trinajstić information content (AvgIpc) is 3.38. The van der Waals surface area contributed by atoms with Gasteiger partial charge in [0.2, 0.25) is 0 Å². The quantitative estimate of drug-likeness (QED) is 0.697. The number of nitrogens with one attached hydrogen (secondary N) is 1. The molecule has 3 heterocycles. The van der Waals surface area contributed by atoms with Gasteiger partial charge in [0.25, 0.3) is 5.91 Å². The summed E-state index contributed by atoms with van der Waals surface area (Å²) in [5.74, 6) is 1.79. The van der Waals surface area contributed by atoms with Gasteiger partial charge in [0.1, 0.15) is 11.6 Å². The maximum Gasteiger partial charge on any atom is 0.257 e. The maximum atomic E-state index is 12.7. The molecule has 0 bridgehead atoms. The van der Waals surface area contributed by atoms with Crippen LogP contribution in [-0.2, 0) is 13.1 Å². The fourth-order valence-corrected chi connectivity index (χ4v) is 4.02. The molecular weight excluding hydrogens is 364 g/mol. The van der Waals surface area contributed by atoms with Gasteiger partial charge in [0.05, 0.1) is 18.8 Å². The molecule has 7 nitrogen and oxygen atoms in total. The molecule has 2 aromatic heterocycles. The molecule has 0 radical (unpaired) electrons. The van der Waals surface area contributed by atoms with E-state index in [0.717, 1.165) is 56.2 Å². The zero-order chi connectivity index (χ0) is 20.2. The van der Waals surface area contributed by atoms with Gasteiger partial charge in [-0.25, -0.2) is 9.67 Å². The number of likely N-dealkylation sites (tertiary alicyclic amines) is 1. The number of aryl methyl sites for hydroxylation is 2. The molecule has 1 N–H and O–H groups in total. The third kappa shape index (κ3) is 4.24. The standard InChI is InChI=1S/C22H28N6O/c1-3-27-15-12-23-21(27)16-26-13-9-18(10-14-26)28-20(8-11-24-28)25-22(29)19-7-5-4-6-17(19)2/h4-8,11-12,15,18H,3,9-10,13-14,16H2,1-2H3,(H,25,29). The monoisotopic (exact) mass is 392 g/mol. The lowest BCUT2D eigenvalue weighted by Gasteiger charge is -2.32. The van der Waals surface area contributed by atoms with Crippen LogP contribution in [0, 0.1) is 6.92 Å². The summed E-state index contributed by atoms with van der Waals surface area (Å²) in [4.78, 5) is 19.6. The lowest BCUT2D eigenvalue weighted by Crippen LogP contribution is -2.35. The normalized spacial score (nSPS) is 15.5. The van der Waals surface area contributed by atoms with Crippen molar-refractivity contribution in [1.29, 1.82) is 0 Å². The number of nitrogens with zero attached hydrogens (tertiary/aromatic N) is 5. The highest BCUT2D eigenvalue weighted by Gasteiger charge is 2.24. The first kappa shape index (κ1) is 19.4. The summed E-state index contributed by atoms with van der Waals surface area (Å²) in [6, 6.07) is 9.80. The third-order valence-electron chi connectivity index (χ3n) is 5.71. The van der Waals surface area contributed by atoms with Crippen molar-refractivity contribution in [2.24, 2.45) is 0 Å². The number of carbonyl (C=O) groups excluding carboxylic acids is 1. The van der Waals surface area contributed by atoms with Crippen molar-refractivity contribution in [2.45, 2.75) is 45.8 Å². The van der Waals surface area contributed by atoms with E-state index in [0.29, 0.717) is 11.6 Å². The van der Waals surface area contributed by atoms with Crippen molar-refractivity contribution in [1.82, 2.24) is 24.2 Å². The Morgan fingerprint density at radius 2 is 1.97 bits per heavy atom. The van der Waals surface area contributed by atoms with E-state index in [2.05, 4.69) is 31.8 Å². The Bertz CT molecular complexity index is 967. The first-order valence-corrected chi connectivity index (χ1v) is 10.3. The van der Waals surface area contributed by atoms with Crippen LogP contribution in [0.1, 0.15) is 47.6 Å². The molecule has 0 unspecified atom stereocenters. The number of benzene rings is 1. The smallest absolute Gasteiger partial charge is 0.257 e. The van der Waals surface area contributed by atoms with Gasteiger partial charge in [0.15, 0.2) is 0 Å². The van der Waals surface area contributed by atoms with E-state index in [9.17, 15) is 4.79 Å². The van der Waals surface area contributed by atoms with Crippen LogP contribution in [-0.4, -0.2) is 43.2 Å². The molecule has 3 aromatic rings. The molecular formula is C22H28N6O. The van der Waals surface area contributed by atoms with E-state index in [1.54, 1.807) is 6.20 Å². The van der Waals surface area contributed by atoms with Crippen LogP contribution in [0.4, 0.5) is 5.82 Å². The molecule has 152 valence electrons. The number of carbonyl (C=O) groups is 1. The zero-order valence-electron chi connectivity index (χ0n) is 17.1. The predicted molar refractivity (Wildman–Crippen MR) is 113 cm³/mol. The number of aromatic nitrogens is 4. The zero-order valence-corrected chi connectivity index (χ0v) is 17.1. The molecule has 1 aliphatic rings. The summed E-state index contributed by atoms with van der Waals surface area (Å²) in [6.45, 7) is 7.90. The van der Waals surface area contributed by atoms with Gasteiger partial charge in [-0.15, -0.1) is 0 Å². The van der Waals surface area contributed by atoms with Gasteiger partial charge in [0, 0.05) is 43.7 Å². The van der Waals surface area contributed by atoms with Crippen molar-refractivity contribution in [2.75, 3.05) is 18.4 Å². The van der Waals surface area contributed by atoms with E-state index in [1.807, 2.05) is 54.3 Å². The summed E-state index contributed by atoms with van der Waals surface area (Å²) >= 11 is 0. The highest BCUT2D eigenvalue weighted by Crippen LogP contribution is 2.26. The molecule has 1 aromatic carbocycles. The fraction of sp³-hybridized carbons (Fsp3) is 0.409. The molecule has 0 spiro atoms. The summed E-state index contributed by atoms with van der Waals surface area (Å²) in [6.07, 6.45) is 7.68. The van der Waals surface area contributed by atoms with Crippen LogP contribution < -0.4 is 5.32 Å². The first-order valence-electron chi connectivity index (χ1n) is 10.3. The molecule has 0 aliphatic carbocycles. The minimum absolute atomic E-state index is 0.0892. The Balaban J connectivity index is 1.38. The van der Waals surface area contributed by atoms with E-state index < -0.39 is 0 Å². The number of piperidine rings is 1. The minimum Gasteiger partial charge on any atom is -0.334 e. The highest BCUT2D eigenvalue weighted by molar-refractivity contribution is 6.04. The Labute approximate surface area is 171 Å². The largest absolute Gasteiger partial charge is 0.334 e. The Morgan fingerprint density at radius 3 is 2.72 bits per heavy atom. The van der Waals surface area contributed by atoms with E-state index in [-0.39, 0.29) is 5.91 Å². The molecule has 1 saturated heterocycles. The molecule has 1 amide bonds. The SMILES string of the molecule is CCn1ccnc1CN1CCC(n2nccc2NC(=O)c2ccccc2C)CC1. The molecule has 0 saturated carbocycles. The number of hydrogen-bond acceptors (Lipinski definition) is 4. The molecule has 29 heavy (non-hydrogen) atoms. The van der Waals surface area contributed by atoms with Crippen LogP contribution in [0.15, 0.2) is 48.9 Å². The second-order valence-electron chi connectivity index (χ2n) is 7.57. The number of rotatable bonds is 6. The van der Waals surface area contributed by atoms with Gasteiger partial charge >= 0.3 is 0 Å². The summed E-state index contributed by atoms with van der Waals surface area (Å²) in [7, 11) is 0. The molecule has 1 aliphatic heterocycles. The fourth-order valence-electron chi connectivity index (χ4n) is 4.02. The predicted octanol–water partition coefficient (Wildman–Crippen LogP) is 3.50. The van der Waals surface area contributed by atoms with Crippen LogP contribution in [0.3, 0.4) is 0 Å². The summed E-state index contributed by atoms with van der Waals surface area (Å²) < 4.78 is 4.17. The van der Waals surface area contributed by atoms with Gasteiger partial charge in [-0.2, -0.15) is 5.10 Å². The Morgan fingerprint density at radius 1 is 1.17 bits per heavy atom. The number of anilines is 1. The van der Waals surface area contributed by atoms with E-state index >= 15 is 0 Å². The molecule has 4 rings (SSSR count). The summed E-state index contributed by atoms with van der Waals surface area (Å²) in [5.41, 5.74) is 1.66. The van der Waals surface area contributed by atoms with Crippen molar-refractivity contribution >= 4 is 11.7 Å². The van der Waals surface area contributed by atoms with Crippen LogP contribution in [0.5, 0.6) is 0 Å². The Kier molecular flexibility index (Phi) is 5.76. The number of imidazole rings is 1. The first-order chi connectivity index (χ1) is 14.2. The lowest BCUT2D eigenvalue weighted by molar-refractivity contribution is 0.102. The summed E-state index contributed by atoms with van der Waals surface area (Å²) in [5, 5.41) is 7.55. The van der Waals surface area contributed by atoms with E-state index in [1.165, 1.54) is 0 Å². The van der Waals surface area contributed by atoms with Crippen molar-refractivity contribution < 1.29 is 4.79 Å². The topological polar surface area (TPSA) is 68.0 Å². The molecule has 0 atom stereocenters. The van der Waals surface area contributed by atoms with Crippen molar-refractivity contribution in [3.63, 3.8) is 0 Å².